The first-order chi connectivity index (χ1) is 14.5. The standard InChI is InChI=1S/C29H50O2/c1-7-21(19(2)3)25(30)18-29(6,31)26-14-13-23-22-12-11-20-10-8-9-16-27(20,4)24(22)15-17-28(23,26)5/h19-24,26,31H,7-18H2,1-6H3/t20?,21?,22-,23-,24-,26-,27-,28-,29-/m0/s1. The van der Waals surface area contributed by atoms with Crippen LogP contribution in [-0.4, -0.2) is 16.5 Å². The molecule has 0 saturated heterocycles. The van der Waals surface area contributed by atoms with E-state index in [2.05, 4.69) is 34.6 Å². The lowest BCUT2D eigenvalue weighted by Crippen LogP contribution is -2.55. The van der Waals surface area contributed by atoms with Crippen molar-refractivity contribution in [1.29, 1.82) is 0 Å². The second-order valence-corrected chi connectivity index (χ2v) is 13.3. The van der Waals surface area contributed by atoms with Gasteiger partial charge in [-0.25, -0.2) is 0 Å². The third-order valence-corrected chi connectivity index (χ3v) is 11.5. The second-order valence-electron chi connectivity index (χ2n) is 13.3. The first-order valence-electron chi connectivity index (χ1n) is 13.8. The zero-order chi connectivity index (χ0) is 22.6. The molecular formula is C29H50O2. The van der Waals surface area contributed by atoms with E-state index in [9.17, 15) is 9.90 Å². The van der Waals surface area contributed by atoms with E-state index in [0.717, 1.165) is 36.5 Å². The Balaban J connectivity index is 1.52. The molecule has 0 aromatic carbocycles. The van der Waals surface area contributed by atoms with Crippen molar-refractivity contribution in [2.75, 3.05) is 0 Å². The van der Waals surface area contributed by atoms with Gasteiger partial charge in [-0.3, -0.25) is 4.79 Å². The van der Waals surface area contributed by atoms with Gasteiger partial charge in [0.25, 0.3) is 0 Å². The van der Waals surface area contributed by atoms with Crippen LogP contribution < -0.4 is 0 Å². The van der Waals surface area contributed by atoms with Gasteiger partial charge >= 0.3 is 0 Å². The molecular weight excluding hydrogens is 380 g/mol. The van der Waals surface area contributed by atoms with E-state index >= 15 is 0 Å². The molecule has 0 aliphatic heterocycles. The zero-order valence-electron chi connectivity index (χ0n) is 21.4. The van der Waals surface area contributed by atoms with Crippen molar-refractivity contribution < 1.29 is 9.90 Å². The minimum absolute atomic E-state index is 0.0914. The molecule has 0 heterocycles. The highest BCUT2D eigenvalue weighted by Gasteiger charge is 2.62. The number of Topliss-reactive ketones (excluding diaryl/α,β-unsaturated/α-hetero) is 1. The van der Waals surface area contributed by atoms with Gasteiger partial charge in [0.05, 0.1) is 5.60 Å². The fourth-order valence-corrected chi connectivity index (χ4v) is 9.99. The molecule has 4 aliphatic rings. The summed E-state index contributed by atoms with van der Waals surface area (Å²) in [6.07, 6.45) is 14.9. The minimum Gasteiger partial charge on any atom is -0.389 e. The molecule has 0 amide bonds. The summed E-state index contributed by atoms with van der Waals surface area (Å²) in [5, 5.41) is 11.7. The first-order valence-corrected chi connectivity index (χ1v) is 13.8. The minimum atomic E-state index is -0.859. The van der Waals surface area contributed by atoms with Crippen LogP contribution in [0.2, 0.25) is 0 Å². The monoisotopic (exact) mass is 430 g/mol. The Morgan fingerprint density at radius 2 is 1.68 bits per heavy atom. The van der Waals surface area contributed by atoms with Crippen molar-refractivity contribution in [3.63, 3.8) is 0 Å². The normalized spacial score (nSPS) is 45.4. The lowest BCUT2D eigenvalue weighted by atomic mass is 9.44. The van der Waals surface area contributed by atoms with Crippen LogP contribution in [0.25, 0.3) is 0 Å². The summed E-state index contributed by atoms with van der Waals surface area (Å²) in [5.74, 6) is 4.50. The molecule has 1 N–H and O–H groups in total. The van der Waals surface area contributed by atoms with E-state index in [4.69, 9.17) is 0 Å². The summed E-state index contributed by atoms with van der Waals surface area (Å²) < 4.78 is 0. The van der Waals surface area contributed by atoms with Crippen molar-refractivity contribution in [2.45, 2.75) is 124 Å². The molecule has 0 aromatic heterocycles. The number of carbonyl (C=O) groups is 1. The molecule has 4 fully saturated rings. The van der Waals surface area contributed by atoms with Crippen LogP contribution in [0, 0.1) is 52.3 Å². The van der Waals surface area contributed by atoms with Crippen molar-refractivity contribution >= 4 is 5.78 Å². The molecule has 0 bridgehead atoms. The molecule has 2 heteroatoms. The van der Waals surface area contributed by atoms with Crippen LogP contribution in [0.4, 0.5) is 0 Å². The van der Waals surface area contributed by atoms with Crippen molar-refractivity contribution in [2.24, 2.45) is 52.3 Å². The summed E-state index contributed by atoms with van der Waals surface area (Å²) in [4.78, 5) is 13.1. The average Bonchev–Trinajstić information content (AvgIpc) is 3.05. The Kier molecular flexibility index (Phi) is 6.48. The molecule has 31 heavy (non-hydrogen) atoms. The van der Waals surface area contributed by atoms with Gasteiger partial charge in [0.2, 0.25) is 0 Å². The van der Waals surface area contributed by atoms with Gasteiger partial charge in [0.1, 0.15) is 5.78 Å². The maximum atomic E-state index is 13.1. The van der Waals surface area contributed by atoms with Gasteiger partial charge in [-0.1, -0.05) is 47.5 Å². The van der Waals surface area contributed by atoms with E-state index in [0.29, 0.717) is 23.5 Å². The molecule has 0 radical (unpaired) electrons. The predicted molar refractivity (Wildman–Crippen MR) is 129 cm³/mol. The van der Waals surface area contributed by atoms with Crippen LogP contribution in [-0.2, 0) is 4.79 Å². The van der Waals surface area contributed by atoms with Crippen LogP contribution >= 0.6 is 0 Å². The van der Waals surface area contributed by atoms with Gasteiger partial charge in [0.15, 0.2) is 0 Å². The highest BCUT2D eigenvalue weighted by atomic mass is 16.3. The summed E-state index contributed by atoms with van der Waals surface area (Å²) in [5.41, 5.74) is -0.0747. The molecule has 0 aromatic rings. The Bertz CT molecular complexity index is 666. The molecule has 4 rings (SSSR count). The van der Waals surface area contributed by atoms with Crippen molar-refractivity contribution in [1.82, 2.24) is 0 Å². The summed E-state index contributed by atoms with van der Waals surface area (Å²) in [7, 11) is 0. The summed E-state index contributed by atoms with van der Waals surface area (Å²) in [6, 6.07) is 0. The number of aliphatic hydroxyl groups is 1. The fraction of sp³-hybridized carbons (Fsp3) is 0.966. The largest absolute Gasteiger partial charge is 0.389 e. The number of ketones is 1. The SMILES string of the molecule is CCC(C(=O)C[C@](C)(O)[C@H]1CC[C@H]2[C@@H]3CCC4CCCC[C@]4(C)[C@H]3CC[C@@]21C)C(C)C. The van der Waals surface area contributed by atoms with Gasteiger partial charge in [-0.15, -0.1) is 0 Å². The fourth-order valence-electron chi connectivity index (χ4n) is 9.99. The van der Waals surface area contributed by atoms with Crippen molar-refractivity contribution in [3.05, 3.63) is 0 Å². The Hall–Kier alpha value is -0.370. The quantitative estimate of drug-likeness (QED) is 0.476. The molecule has 9 atom stereocenters. The predicted octanol–water partition coefficient (Wildman–Crippen LogP) is 7.43. The van der Waals surface area contributed by atoms with Gasteiger partial charge in [0, 0.05) is 12.3 Å². The first kappa shape index (κ1) is 23.8. The van der Waals surface area contributed by atoms with Crippen LogP contribution in [0.5, 0.6) is 0 Å². The van der Waals surface area contributed by atoms with E-state index < -0.39 is 5.60 Å². The average molecular weight is 431 g/mol. The second kappa shape index (κ2) is 8.44. The Morgan fingerprint density at radius 3 is 2.35 bits per heavy atom. The van der Waals surface area contributed by atoms with E-state index in [1.807, 2.05) is 6.92 Å². The van der Waals surface area contributed by atoms with Gasteiger partial charge in [-0.05, 0) is 111 Å². The maximum Gasteiger partial charge on any atom is 0.139 e. The maximum absolute atomic E-state index is 13.1. The van der Waals surface area contributed by atoms with Crippen LogP contribution in [0.15, 0.2) is 0 Å². The molecule has 2 unspecified atom stereocenters. The van der Waals surface area contributed by atoms with E-state index in [1.54, 1.807) is 0 Å². The van der Waals surface area contributed by atoms with Gasteiger partial charge < -0.3 is 5.11 Å². The number of carbonyl (C=O) groups excluding carboxylic acids is 1. The van der Waals surface area contributed by atoms with Crippen LogP contribution in [0.3, 0.4) is 0 Å². The van der Waals surface area contributed by atoms with Gasteiger partial charge in [-0.2, -0.15) is 0 Å². The van der Waals surface area contributed by atoms with E-state index in [-0.39, 0.29) is 17.3 Å². The smallest absolute Gasteiger partial charge is 0.139 e. The number of rotatable bonds is 6. The third-order valence-electron chi connectivity index (χ3n) is 11.5. The highest BCUT2D eigenvalue weighted by Crippen LogP contribution is 2.68. The lowest BCUT2D eigenvalue weighted by Gasteiger charge is -2.61. The number of hydrogen-bond donors (Lipinski definition) is 1. The lowest BCUT2D eigenvalue weighted by molar-refractivity contribution is -0.145. The highest BCUT2D eigenvalue weighted by molar-refractivity contribution is 5.82. The summed E-state index contributed by atoms with van der Waals surface area (Å²) >= 11 is 0. The topological polar surface area (TPSA) is 37.3 Å². The summed E-state index contributed by atoms with van der Waals surface area (Å²) in [6.45, 7) is 13.6. The van der Waals surface area contributed by atoms with Crippen LogP contribution in [0.1, 0.15) is 119 Å². The Labute approximate surface area is 192 Å². The molecule has 4 saturated carbocycles. The molecule has 4 aliphatic carbocycles. The number of hydrogen-bond acceptors (Lipinski definition) is 2. The zero-order valence-corrected chi connectivity index (χ0v) is 21.4. The molecule has 178 valence electrons. The third kappa shape index (κ3) is 3.85. The van der Waals surface area contributed by atoms with Crippen molar-refractivity contribution in [3.8, 4) is 0 Å². The van der Waals surface area contributed by atoms with E-state index in [1.165, 1.54) is 57.8 Å². The molecule has 0 spiro atoms. The molecule has 2 nitrogen and oxygen atoms in total. The Morgan fingerprint density at radius 1 is 0.968 bits per heavy atom. The number of fused-ring (bicyclic) bond motifs is 5.